The van der Waals surface area contributed by atoms with Crippen LogP contribution in [0.1, 0.15) is 27.2 Å². The third kappa shape index (κ3) is 4.93. The van der Waals surface area contributed by atoms with Crippen molar-refractivity contribution in [1.29, 1.82) is 0 Å². The second kappa shape index (κ2) is 10.3. The van der Waals surface area contributed by atoms with E-state index in [0.717, 1.165) is 67.7 Å². The number of anilines is 2. The Bertz CT molecular complexity index is 1210. The van der Waals surface area contributed by atoms with Crippen LogP contribution in [0.4, 0.5) is 11.5 Å². The molecule has 2 aromatic heterocycles. The molecule has 1 N–H and O–H groups in total. The lowest BCUT2D eigenvalue weighted by Crippen LogP contribution is -2.44. The fraction of sp³-hybridized carbons (Fsp3) is 0.370. The van der Waals surface area contributed by atoms with Crippen molar-refractivity contribution in [3.8, 4) is 11.5 Å². The number of methoxy groups -OCH3 is 2. The lowest BCUT2D eigenvalue weighted by molar-refractivity contribution is 0.0988. The number of hydrogen-bond donors (Lipinski definition) is 1. The molecule has 1 fully saturated rings. The summed E-state index contributed by atoms with van der Waals surface area (Å²) in [6.07, 6.45) is 4.76. The van der Waals surface area contributed by atoms with Gasteiger partial charge in [0.1, 0.15) is 11.5 Å². The van der Waals surface area contributed by atoms with Gasteiger partial charge in [-0.25, -0.2) is 4.98 Å². The van der Waals surface area contributed by atoms with E-state index in [1.807, 2.05) is 30.5 Å². The fourth-order valence-corrected chi connectivity index (χ4v) is 4.87. The number of carbonyl (C=O) groups is 1. The van der Waals surface area contributed by atoms with Crippen molar-refractivity contribution in [3.05, 3.63) is 71.2 Å². The number of pyridine rings is 2. The van der Waals surface area contributed by atoms with E-state index in [1.54, 1.807) is 26.5 Å². The number of fused-ring (bicyclic) bond motifs is 1. The maximum atomic E-state index is 13.3. The number of ketones is 1. The summed E-state index contributed by atoms with van der Waals surface area (Å²) < 4.78 is 10.9. The topological polar surface area (TPSA) is 79.8 Å². The molecule has 0 spiro atoms. The summed E-state index contributed by atoms with van der Waals surface area (Å²) in [5.41, 5.74) is 4.95. The molecule has 35 heavy (non-hydrogen) atoms. The number of benzene rings is 1. The van der Waals surface area contributed by atoms with Crippen LogP contribution >= 0.6 is 0 Å². The van der Waals surface area contributed by atoms with E-state index in [9.17, 15) is 4.79 Å². The zero-order valence-corrected chi connectivity index (χ0v) is 20.3. The molecule has 1 saturated heterocycles. The van der Waals surface area contributed by atoms with Crippen molar-refractivity contribution in [2.45, 2.75) is 19.4 Å². The normalized spacial score (nSPS) is 15.5. The highest BCUT2D eigenvalue weighted by atomic mass is 16.5. The first-order valence-electron chi connectivity index (χ1n) is 12.0. The Morgan fingerprint density at radius 1 is 1.00 bits per heavy atom. The zero-order chi connectivity index (χ0) is 24.2. The van der Waals surface area contributed by atoms with Gasteiger partial charge in [0.05, 0.1) is 14.2 Å². The Balaban J connectivity index is 1.33. The standard InChI is InChI=1S/C27H31N5O3/c1-34-25-15-19-7-11-32(18-21(19)16-26(25)35-2)27-5-3-4-22(30-27)24(33)14-20-17-29-8-6-23(20)31-12-9-28-10-13-31/h3-6,8,15-17,28H,7,9-14,18H2,1-2H3. The molecule has 2 aliphatic rings. The molecular weight excluding hydrogens is 442 g/mol. The molecule has 1 aromatic carbocycles. The van der Waals surface area contributed by atoms with E-state index in [2.05, 4.69) is 26.2 Å². The molecule has 0 saturated carbocycles. The summed E-state index contributed by atoms with van der Waals surface area (Å²) in [5, 5.41) is 3.37. The van der Waals surface area contributed by atoms with Gasteiger partial charge in [-0.05, 0) is 47.9 Å². The Morgan fingerprint density at radius 2 is 1.77 bits per heavy atom. The number of nitrogens with one attached hydrogen (secondary N) is 1. The van der Waals surface area contributed by atoms with Crippen molar-refractivity contribution in [2.75, 3.05) is 56.7 Å². The predicted molar refractivity (Wildman–Crippen MR) is 136 cm³/mol. The van der Waals surface area contributed by atoms with Gasteiger partial charge < -0.3 is 24.6 Å². The van der Waals surface area contributed by atoms with Gasteiger partial charge in [-0.1, -0.05) is 6.07 Å². The van der Waals surface area contributed by atoms with Gasteiger partial charge in [0.25, 0.3) is 0 Å². The minimum atomic E-state index is 0.0000459. The Morgan fingerprint density at radius 3 is 2.54 bits per heavy atom. The monoisotopic (exact) mass is 473 g/mol. The highest BCUT2D eigenvalue weighted by Gasteiger charge is 2.22. The van der Waals surface area contributed by atoms with Crippen LogP contribution in [0, 0.1) is 0 Å². The van der Waals surface area contributed by atoms with E-state index >= 15 is 0 Å². The number of nitrogens with zero attached hydrogens (tertiary/aromatic N) is 4. The van der Waals surface area contributed by atoms with Crippen LogP contribution < -0.4 is 24.6 Å². The number of aromatic nitrogens is 2. The van der Waals surface area contributed by atoms with Crippen LogP contribution in [0.5, 0.6) is 11.5 Å². The first-order chi connectivity index (χ1) is 17.2. The van der Waals surface area contributed by atoms with E-state index in [-0.39, 0.29) is 12.2 Å². The van der Waals surface area contributed by atoms with Crippen molar-refractivity contribution in [1.82, 2.24) is 15.3 Å². The fourth-order valence-electron chi connectivity index (χ4n) is 4.87. The predicted octanol–water partition coefficient (Wildman–Crippen LogP) is 2.89. The van der Waals surface area contributed by atoms with Gasteiger partial charge in [-0.15, -0.1) is 0 Å². The molecule has 0 amide bonds. The lowest BCUT2D eigenvalue weighted by atomic mass is 9.98. The average molecular weight is 474 g/mol. The van der Waals surface area contributed by atoms with Gasteiger partial charge in [0.15, 0.2) is 17.3 Å². The third-order valence-electron chi connectivity index (χ3n) is 6.75. The average Bonchev–Trinajstić information content (AvgIpc) is 2.92. The summed E-state index contributed by atoms with van der Waals surface area (Å²) in [5.74, 6) is 2.28. The van der Waals surface area contributed by atoms with Crippen molar-refractivity contribution < 1.29 is 14.3 Å². The summed E-state index contributed by atoms with van der Waals surface area (Å²) in [6, 6.07) is 11.8. The van der Waals surface area contributed by atoms with Crippen LogP contribution in [0.25, 0.3) is 0 Å². The van der Waals surface area contributed by atoms with E-state index in [0.29, 0.717) is 12.2 Å². The van der Waals surface area contributed by atoms with E-state index in [1.165, 1.54) is 11.1 Å². The van der Waals surface area contributed by atoms with Gasteiger partial charge in [-0.3, -0.25) is 9.78 Å². The van der Waals surface area contributed by atoms with Gasteiger partial charge in [-0.2, -0.15) is 0 Å². The second-order valence-corrected chi connectivity index (χ2v) is 8.87. The summed E-state index contributed by atoms with van der Waals surface area (Å²) in [6.45, 7) is 5.25. The van der Waals surface area contributed by atoms with E-state index in [4.69, 9.17) is 14.5 Å². The molecule has 0 bridgehead atoms. The van der Waals surface area contributed by atoms with Crippen LogP contribution in [0.3, 0.4) is 0 Å². The van der Waals surface area contributed by atoms with E-state index < -0.39 is 0 Å². The molecule has 0 aliphatic carbocycles. The molecule has 8 heteroatoms. The van der Waals surface area contributed by atoms with Gasteiger partial charge in [0, 0.05) is 69.3 Å². The number of ether oxygens (including phenoxy) is 2. The van der Waals surface area contributed by atoms with Crippen LogP contribution in [0.2, 0.25) is 0 Å². The first kappa shape index (κ1) is 23.1. The number of piperazine rings is 1. The molecule has 0 radical (unpaired) electrons. The molecule has 2 aliphatic heterocycles. The maximum absolute atomic E-state index is 13.3. The SMILES string of the molecule is COc1cc2c(cc1OC)CN(c1cccc(C(=O)Cc3cnccc3N3CCNCC3)n1)CC2. The molecule has 3 aromatic rings. The molecule has 4 heterocycles. The summed E-state index contributed by atoms with van der Waals surface area (Å²) >= 11 is 0. The van der Waals surface area contributed by atoms with Crippen molar-refractivity contribution in [2.24, 2.45) is 0 Å². The van der Waals surface area contributed by atoms with Crippen LogP contribution in [0.15, 0.2) is 48.8 Å². The highest BCUT2D eigenvalue weighted by Crippen LogP contribution is 2.34. The maximum Gasteiger partial charge on any atom is 0.185 e. The molecule has 0 unspecified atom stereocenters. The molecule has 182 valence electrons. The number of Topliss-reactive ketones (excluding diaryl/α,β-unsaturated/α-hetero) is 1. The Kier molecular flexibility index (Phi) is 6.81. The van der Waals surface area contributed by atoms with Crippen molar-refractivity contribution >= 4 is 17.3 Å². The molecule has 5 rings (SSSR count). The number of hydrogen-bond acceptors (Lipinski definition) is 8. The number of rotatable bonds is 7. The Hall–Kier alpha value is -3.65. The smallest absolute Gasteiger partial charge is 0.185 e. The third-order valence-corrected chi connectivity index (χ3v) is 6.75. The van der Waals surface area contributed by atoms with Crippen LogP contribution in [-0.2, 0) is 19.4 Å². The quantitative estimate of drug-likeness (QED) is 0.525. The first-order valence-corrected chi connectivity index (χ1v) is 12.0. The highest BCUT2D eigenvalue weighted by molar-refractivity contribution is 5.96. The molecule has 0 atom stereocenters. The lowest BCUT2D eigenvalue weighted by Gasteiger charge is -2.31. The molecule has 8 nitrogen and oxygen atoms in total. The van der Waals surface area contributed by atoms with Gasteiger partial charge in [0.2, 0.25) is 0 Å². The summed E-state index contributed by atoms with van der Waals surface area (Å²) in [4.78, 5) is 26.8. The molecular formula is C27H31N5O3. The van der Waals surface area contributed by atoms with Crippen molar-refractivity contribution in [3.63, 3.8) is 0 Å². The largest absolute Gasteiger partial charge is 0.493 e. The van der Waals surface area contributed by atoms with Crippen LogP contribution in [-0.4, -0.2) is 62.7 Å². The number of carbonyl (C=O) groups excluding carboxylic acids is 1. The Labute approximate surface area is 205 Å². The van der Waals surface area contributed by atoms with Gasteiger partial charge >= 0.3 is 0 Å². The second-order valence-electron chi connectivity index (χ2n) is 8.87. The zero-order valence-electron chi connectivity index (χ0n) is 20.3. The minimum Gasteiger partial charge on any atom is -0.493 e. The minimum absolute atomic E-state index is 0.0000459. The summed E-state index contributed by atoms with van der Waals surface area (Å²) in [7, 11) is 3.31.